The Balaban J connectivity index is 3.64. The number of nitrogens with one attached hydrogen (secondary N) is 1. The molecule has 1 amide bonds. The van der Waals surface area contributed by atoms with Crippen molar-refractivity contribution in [3.63, 3.8) is 0 Å². The number of likely N-dealkylation sites (N-methyl/N-ethyl adjacent to an activating group) is 1. The van der Waals surface area contributed by atoms with Gasteiger partial charge in [0.05, 0.1) is 0 Å². The lowest BCUT2D eigenvalue weighted by molar-refractivity contribution is -0.121. The van der Waals surface area contributed by atoms with Crippen LogP contribution >= 0.6 is 0 Å². The third-order valence-corrected chi connectivity index (χ3v) is 3.24. The predicted octanol–water partition coefficient (Wildman–Crippen LogP) is 1.35. The van der Waals surface area contributed by atoms with Gasteiger partial charge in [0.25, 0.3) is 0 Å². The van der Waals surface area contributed by atoms with E-state index in [1.807, 2.05) is 0 Å². The second-order valence-electron chi connectivity index (χ2n) is 4.84. The smallest absolute Gasteiger partial charge is 0.221 e. The van der Waals surface area contributed by atoms with Gasteiger partial charge in [-0.05, 0) is 26.8 Å². The topological polar surface area (TPSA) is 58.4 Å². The van der Waals surface area contributed by atoms with Gasteiger partial charge in [0, 0.05) is 31.6 Å². The number of nitrogens with zero attached hydrogens (tertiary/aromatic N) is 1. The maximum absolute atomic E-state index is 11.5. The summed E-state index contributed by atoms with van der Waals surface area (Å²) in [5.41, 5.74) is 5.82. The number of hydrogen-bond donors (Lipinski definition) is 2. The molecule has 102 valence electrons. The number of carbonyl (C=O) groups is 1. The van der Waals surface area contributed by atoms with Crippen LogP contribution in [0.15, 0.2) is 0 Å². The van der Waals surface area contributed by atoms with Gasteiger partial charge in [-0.25, -0.2) is 0 Å². The molecule has 2 atom stereocenters. The van der Waals surface area contributed by atoms with Gasteiger partial charge in [-0.1, -0.05) is 20.3 Å². The number of rotatable bonds is 9. The van der Waals surface area contributed by atoms with Crippen molar-refractivity contribution in [2.45, 2.75) is 58.5 Å². The van der Waals surface area contributed by atoms with Crippen LogP contribution in [-0.2, 0) is 4.79 Å². The largest absolute Gasteiger partial charge is 0.355 e. The van der Waals surface area contributed by atoms with E-state index in [9.17, 15) is 4.79 Å². The van der Waals surface area contributed by atoms with Crippen molar-refractivity contribution < 1.29 is 4.79 Å². The molecule has 0 spiro atoms. The molecule has 0 aliphatic rings. The van der Waals surface area contributed by atoms with Crippen LogP contribution in [0.3, 0.4) is 0 Å². The number of nitrogens with two attached hydrogens (primary N) is 1. The summed E-state index contributed by atoms with van der Waals surface area (Å²) in [5.74, 6) is 0.0727. The second kappa shape index (κ2) is 9.42. The van der Waals surface area contributed by atoms with E-state index in [-0.39, 0.29) is 11.9 Å². The maximum Gasteiger partial charge on any atom is 0.221 e. The normalized spacial score (nSPS) is 14.7. The Kier molecular flexibility index (Phi) is 9.09. The third kappa shape index (κ3) is 8.16. The summed E-state index contributed by atoms with van der Waals surface area (Å²) in [6.45, 7) is 8.05. The Morgan fingerprint density at radius 3 is 2.59 bits per heavy atom. The van der Waals surface area contributed by atoms with Crippen molar-refractivity contribution in [1.29, 1.82) is 0 Å². The fourth-order valence-electron chi connectivity index (χ4n) is 1.69. The quantitative estimate of drug-likeness (QED) is 0.643. The van der Waals surface area contributed by atoms with Crippen LogP contribution in [0.5, 0.6) is 0 Å². The SMILES string of the molecule is CCCC(N)CC(=O)NCCN(C)C(C)CC. The van der Waals surface area contributed by atoms with Crippen molar-refractivity contribution in [3.05, 3.63) is 0 Å². The molecule has 0 fully saturated rings. The molecular weight excluding hydrogens is 214 g/mol. The second-order valence-corrected chi connectivity index (χ2v) is 4.84. The van der Waals surface area contributed by atoms with Gasteiger partial charge in [-0.15, -0.1) is 0 Å². The van der Waals surface area contributed by atoms with Crippen molar-refractivity contribution in [2.24, 2.45) is 5.73 Å². The van der Waals surface area contributed by atoms with Crippen molar-refractivity contribution in [2.75, 3.05) is 20.1 Å². The Morgan fingerprint density at radius 1 is 1.41 bits per heavy atom. The molecule has 0 radical (unpaired) electrons. The molecule has 0 bridgehead atoms. The van der Waals surface area contributed by atoms with Gasteiger partial charge in [-0.2, -0.15) is 0 Å². The minimum Gasteiger partial charge on any atom is -0.355 e. The molecule has 0 aromatic rings. The molecule has 3 N–H and O–H groups in total. The summed E-state index contributed by atoms with van der Waals surface area (Å²) in [6, 6.07) is 0.571. The molecule has 0 heterocycles. The highest BCUT2D eigenvalue weighted by Crippen LogP contribution is 1.99. The molecule has 0 aliphatic heterocycles. The molecule has 0 aliphatic carbocycles. The summed E-state index contributed by atoms with van der Waals surface area (Å²) in [7, 11) is 2.09. The highest BCUT2D eigenvalue weighted by Gasteiger charge is 2.09. The molecule has 0 rings (SSSR count). The van der Waals surface area contributed by atoms with Crippen LogP contribution < -0.4 is 11.1 Å². The fourth-order valence-corrected chi connectivity index (χ4v) is 1.69. The first-order valence-electron chi connectivity index (χ1n) is 6.73. The number of carbonyl (C=O) groups excluding carboxylic acids is 1. The minimum absolute atomic E-state index is 0.00675. The lowest BCUT2D eigenvalue weighted by Crippen LogP contribution is -2.38. The van der Waals surface area contributed by atoms with E-state index in [2.05, 4.69) is 38.0 Å². The molecular formula is C13H29N3O. The van der Waals surface area contributed by atoms with Crippen LogP contribution in [0, 0.1) is 0 Å². The molecule has 4 heteroatoms. The average molecular weight is 243 g/mol. The van der Waals surface area contributed by atoms with Crippen molar-refractivity contribution >= 4 is 5.91 Å². The van der Waals surface area contributed by atoms with E-state index in [1.165, 1.54) is 0 Å². The fraction of sp³-hybridized carbons (Fsp3) is 0.923. The minimum atomic E-state index is 0.00675. The molecule has 2 unspecified atom stereocenters. The zero-order valence-electron chi connectivity index (χ0n) is 11.8. The highest BCUT2D eigenvalue weighted by molar-refractivity contribution is 5.76. The maximum atomic E-state index is 11.5. The standard InChI is InChI=1S/C13H29N3O/c1-5-7-12(14)10-13(17)15-8-9-16(4)11(3)6-2/h11-12H,5-10,14H2,1-4H3,(H,15,17). The van der Waals surface area contributed by atoms with Gasteiger partial charge in [0.1, 0.15) is 0 Å². The third-order valence-electron chi connectivity index (χ3n) is 3.24. The van der Waals surface area contributed by atoms with Crippen LogP contribution in [0.4, 0.5) is 0 Å². The first-order valence-corrected chi connectivity index (χ1v) is 6.73. The van der Waals surface area contributed by atoms with E-state index in [0.717, 1.165) is 25.8 Å². The summed E-state index contributed by atoms with van der Waals surface area (Å²) < 4.78 is 0. The summed E-state index contributed by atoms with van der Waals surface area (Å²) >= 11 is 0. The van der Waals surface area contributed by atoms with Crippen LogP contribution in [-0.4, -0.2) is 43.0 Å². The van der Waals surface area contributed by atoms with Gasteiger partial charge >= 0.3 is 0 Å². The predicted molar refractivity (Wildman–Crippen MR) is 72.9 cm³/mol. The zero-order valence-corrected chi connectivity index (χ0v) is 11.8. The number of amides is 1. The molecule has 17 heavy (non-hydrogen) atoms. The van der Waals surface area contributed by atoms with Gasteiger partial charge < -0.3 is 16.0 Å². The Labute approximate surface area is 106 Å². The molecule has 0 saturated carbocycles. The van der Waals surface area contributed by atoms with E-state index in [4.69, 9.17) is 5.73 Å². The summed E-state index contributed by atoms with van der Waals surface area (Å²) in [5, 5.41) is 2.92. The summed E-state index contributed by atoms with van der Waals surface area (Å²) in [4.78, 5) is 13.8. The summed E-state index contributed by atoms with van der Waals surface area (Å²) in [6.07, 6.45) is 3.53. The van der Waals surface area contributed by atoms with E-state index >= 15 is 0 Å². The average Bonchev–Trinajstić information content (AvgIpc) is 2.27. The monoisotopic (exact) mass is 243 g/mol. The van der Waals surface area contributed by atoms with E-state index < -0.39 is 0 Å². The van der Waals surface area contributed by atoms with E-state index in [0.29, 0.717) is 19.0 Å². The van der Waals surface area contributed by atoms with Crippen molar-refractivity contribution in [1.82, 2.24) is 10.2 Å². The lowest BCUT2D eigenvalue weighted by atomic mass is 10.1. The van der Waals surface area contributed by atoms with E-state index in [1.54, 1.807) is 0 Å². The zero-order chi connectivity index (χ0) is 13.3. The molecule has 0 aromatic heterocycles. The van der Waals surface area contributed by atoms with Crippen molar-refractivity contribution in [3.8, 4) is 0 Å². The number of hydrogen-bond acceptors (Lipinski definition) is 3. The van der Waals surface area contributed by atoms with Crippen LogP contribution in [0.1, 0.15) is 46.5 Å². The molecule has 4 nitrogen and oxygen atoms in total. The van der Waals surface area contributed by atoms with Gasteiger partial charge in [-0.3, -0.25) is 4.79 Å². The van der Waals surface area contributed by atoms with Gasteiger partial charge in [0.2, 0.25) is 5.91 Å². The Morgan fingerprint density at radius 2 is 2.06 bits per heavy atom. The Hall–Kier alpha value is -0.610. The first kappa shape index (κ1) is 16.4. The lowest BCUT2D eigenvalue weighted by Gasteiger charge is -2.23. The van der Waals surface area contributed by atoms with Gasteiger partial charge in [0.15, 0.2) is 0 Å². The first-order chi connectivity index (χ1) is 8.01. The van der Waals surface area contributed by atoms with Crippen LogP contribution in [0.2, 0.25) is 0 Å². The van der Waals surface area contributed by atoms with Crippen LogP contribution in [0.25, 0.3) is 0 Å². The Bertz CT molecular complexity index is 209. The highest BCUT2D eigenvalue weighted by atomic mass is 16.1. The molecule has 0 aromatic carbocycles. The molecule has 0 saturated heterocycles.